The van der Waals surface area contributed by atoms with E-state index in [2.05, 4.69) is 5.32 Å². The standard InChI is InChI=1S/C16H14N2O4/c19-8-7-18-15(20)10-13(16(18)21)17-12-5-2-1-4-11(12)14-6-3-9-22-14/h1-6,9-10,17,19H,7-8H2. The highest BCUT2D eigenvalue weighted by Gasteiger charge is 2.30. The maximum atomic E-state index is 12.1. The second-order valence-electron chi connectivity index (χ2n) is 4.72. The van der Waals surface area contributed by atoms with E-state index in [0.717, 1.165) is 10.5 Å². The summed E-state index contributed by atoms with van der Waals surface area (Å²) >= 11 is 0. The van der Waals surface area contributed by atoms with E-state index < -0.39 is 11.8 Å². The van der Waals surface area contributed by atoms with Crippen LogP contribution < -0.4 is 5.32 Å². The fourth-order valence-corrected chi connectivity index (χ4v) is 2.29. The molecule has 0 bridgehead atoms. The van der Waals surface area contributed by atoms with E-state index in [-0.39, 0.29) is 18.8 Å². The average Bonchev–Trinajstić information content (AvgIpc) is 3.13. The third-order valence-corrected chi connectivity index (χ3v) is 3.32. The number of rotatable bonds is 5. The number of hydrogen-bond acceptors (Lipinski definition) is 5. The number of aliphatic hydroxyl groups is 1. The predicted molar refractivity (Wildman–Crippen MR) is 79.7 cm³/mol. The summed E-state index contributed by atoms with van der Waals surface area (Å²) in [6.07, 6.45) is 2.80. The summed E-state index contributed by atoms with van der Waals surface area (Å²) in [5, 5.41) is 11.9. The summed E-state index contributed by atoms with van der Waals surface area (Å²) in [7, 11) is 0. The van der Waals surface area contributed by atoms with Gasteiger partial charge >= 0.3 is 0 Å². The zero-order valence-corrected chi connectivity index (χ0v) is 11.7. The quantitative estimate of drug-likeness (QED) is 0.819. The number of furan rings is 1. The lowest BCUT2D eigenvalue weighted by molar-refractivity contribution is -0.137. The number of aliphatic hydroxyl groups excluding tert-OH is 1. The van der Waals surface area contributed by atoms with Crippen molar-refractivity contribution in [3.05, 3.63) is 54.4 Å². The largest absolute Gasteiger partial charge is 0.464 e. The Morgan fingerprint density at radius 3 is 2.68 bits per heavy atom. The van der Waals surface area contributed by atoms with Crippen LogP contribution in [0.5, 0.6) is 0 Å². The number of hydrogen-bond donors (Lipinski definition) is 2. The van der Waals surface area contributed by atoms with Gasteiger partial charge < -0.3 is 14.8 Å². The Kier molecular flexibility index (Phi) is 3.76. The highest BCUT2D eigenvalue weighted by molar-refractivity contribution is 6.17. The summed E-state index contributed by atoms with van der Waals surface area (Å²) < 4.78 is 5.38. The number of para-hydroxylation sites is 1. The van der Waals surface area contributed by atoms with Crippen LogP contribution in [0.3, 0.4) is 0 Å². The van der Waals surface area contributed by atoms with Gasteiger partial charge in [0.15, 0.2) is 0 Å². The van der Waals surface area contributed by atoms with Gasteiger partial charge in [0.05, 0.1) is 19.4 Å². The summed E-state index contributed by atoms with van der Waals surface area (Å²) in [4.78, 5) is 24.9. The van der Waals surface area contributed by atoms with Crippen molar-refractivity contribution in [3.8, 4) is 11.3 Å². The van der Waals surface area contributed by atoms with E-state index in [1.54, 1.807) is 18.4 Å². The van der Waals surface area contributed by atoms with Crippen LogP contribution in [0.1, 0.15) is 0 Å². The molecule has 22 heavy (non-hydrogen) atoms. The minimum atomic E-state index is -0.451. The molecule has 0 atom stereocenters. The Balaban J connectivity index is 1.88. The number of amides is 2. The topological polar surface area (TPSA) is 82.8 Å². The van der Waals surface area contributed by atoms with Crippen LogP contribution in [-0.4, -0.2) is 35.0 Å². The van der Waals surface area contributed by atoms with Gasteiger partial charge in [-0.05, 0) is 24.3 Å². The first kappa shape index (κ1) is 14.1. The molecule has 112 valence electrons. The Bertz CT molecular complexity index is 734. The first-order chi connectivity index (χ1) is 10.7. The first-order valence-corrected chi connectivity index (χ1v) is 6.79. The molecule has 0 saturated heterocycles. The maximum absolute atomic E-state index is 12.1. The van der Waals surface area contributed by atoms with Crippen LogP contribution in [0.4, 0.5) is 5.69 Å². The third-order valence-electron chi connectivity index (χ3n) is 3.32. The minimum absolute atomic E-state index is 0.0147. The normalized spacial score (nSPS) is 14.4. The third kappa shape index (κ3) is 2.51. The molecule has 2 N–H and O–H groups in total. The summed E-state index contributed by atoms with van der Waals surface area (Å²) in [6.45, 7) is -0.277. The monoisotopic (exact) mass is 298 g/mol. The van der Waals surface area contributed by atoms with Gasteiger partial charge in [0, 0.05) is 17.3 Å². The molecule has 2 aromatic rings. The molecule has 1 aromatic carbocycles. The zero-order valence-electron chi connectivity index (χ0n) is 11.7. The molecule has 2 amide bonds. The molecule has 0 saturated carbocycles. The number of anilines is 1. The van der Waals surface area contributed by atoms with Crippen LogP contribution in [0.2, 0.25) is 0 Å². The molecule has 0 radical (unpaired) electrons. The number of β-amino-alcohol motifs (C(OH)–C–C–N with tert-alkyl or cyclic N) is 1. The average molecular weight is 298 g/mol. The molecule has 1 aromatic heterocycles. The van der Waals surface area contributed by atoms with E-state index >= 15 is 0 Å². The molecular weight excluding hydrogens is 284 g/mol. The van der Waals surface area contributed by atoms with E-state index in [1.165, 1.54) is 6.08 Å². The van der Waals surface area contributed by atoms with Crippen LogP contribution in [0, 0.1) is 0 Å². The van der Waals surface area contributed by atoms with E-state index in [1.807, 2.05) is 24.3 Å². The molecule has 0 unspecified atom stereocenters. The van der Waals surface area contributed by atoms with Gasteiger partial charge in [0.1, 0.15) is 11.5 Å². The Labute approximate surface area is 126 Å². The predicted octanol–water partition coefficient (Wildman–Crippen LogP) is 1.60. The van der Waals surface area contributed by atoms with Gasteiger partial charge in [0.25, 0.3) is 11.8 Å². The van der Waals surface area contributed by atoms with Crippen LogP contribution in [0.25, 0.3) is 11.3 Å². The van der Waals surface area contributed by atoms with Crippen LogP contribution in [0.15, 0.2) is 58.9 Å². The highest BCUT2D eigenvalue weighted by atomic mass is 16.3. The number of nitrogens with one attached hydrogen (secondary N) is 1. The highest BCUT2D eigenvalue weighted by Crippen LogP contribution is 2.29. The molecule has 0 fully saturated rings. The number of imide groups is 1. The van der Waals surface area contributed by atoms with Crippen molar-refractivity contribution < 1.29 is 19.1 Å². The SMILES string of the molecule is O=C1C=C(Nc2ccccc2-c2ccco2)C(=O)N1CCO. The summed E-state index contributed by atoms with van der Waals surface area (Å²) in [6, 6.07) is 10.9. The fourth-order valence-electron chi connectivity index (χ4n) is 2.29. The Morgan fingerprint density at radius 2 is 1.95 bits per heavy atom. The van der Waals surface area contributed by atoms with Crippen molar-refractivity contribution in [2.45, 2.75) is 0 Å². The second kappa shape index (κ2) is 5.87. The van der Waals surface area contributed by atoms with Crippen molar-refractivity contribution in [2.75, 3.05) is 18.5 Å². The van der Waals surface area contributed by atoms with Gasteiger partial charge in [-0.15, -0.1) is 0 Å². The minimum Gasteiger partial charge on any atom is -0.464 e. The Morgan fingerprint density at radius 1 is 1.14 bits per heavy atom. The lowest BCUT2D eigenvalue weighted by Crippen LogP contribution is -2.34. The zero-order chi connectivity index (χ0) is 15.5. The number of carbonyl (C=O) groups excluding carboxylic acids is 2. The van der Waals surface area contributed by atoms with Gasteiger partial charge in [-0.25, -0.2) is 0 Å². The van der Waals surface area contributed by atoms with E-state index in [0.29, 0.717) is 11.4 Å². The van der Waals surface area contributed by atoms with Crippen molar-refractivity contribution in [1.29, 1.82) is 0 Å². The van der Waals surface area contributed by atoms with Crippen molar-refractivity contribution >= 4 is 17.5 Å². The number of benzene rings is 1. The van der Waals surface area contributed by atoms with Crippen molar-refractivity contribution in [2.24, 2.45) is 0 Å². The van der Waals surface area contributed by atoms with Crippen LogP contribution >= 0.6 is 0 Å². The molecule has 6 nitrogen and oxygen atoms in total. The van der Waals surface area contributed by atoms with Gasteiger partial charge in [0.2, 0.25) is 0 Å². The lowest BCUT2D eigenvalue weighted by atomic mass is 10.1. The second-order valence-corrected chi connectivity index (χ2v) is 4.72. The van der Waals surface area contributed by atoms with Crippen molar-refractivity contribution in [1.82, 2.24) is 4.90 Å². The van der Waals surface area contributed by atoms with Gasteiger partial charge in [-0.3, -0.25) is 14.5 Å². The molecule has 1 aliphatic rings. The summed E-state index contributed by atoms with van der Waals surface area (Å²) in [5.41, 5.74) is 1.63. The number of carbonyl (C=O) groups is 2. The molecule has 6 heteroatoms. The lowest BCUT2D eigenvalue weighted by Gasteiger charge is -2.14. The molecule has 3 rings (SSSR count). The van der Waals surface area contributed by atoms with Crippen LogP contribution in [-0.2, 0) is 9.59 Å². The van der Waals surface area contributed by atoms with Gasteiger partial charge in [-0.2, -0.15) is 0 Å². The number of nitrogens with zero attached hydrogens (tertiary/aromatic N) is 1. The Hall–Kier alpha value is -2.86. The molecule has 0 aliphatic carbocycles. The fraction of sp³-hybridized carbons (Fsp3) is 0.125. The first-order valence-electron chi connectivity index (χ1n) is 6.79. The van der Waals surface area contributed by atoms with Crippen molar-refractivity contribution in [3.63, 3.8) is 0 Å². The van der Waals surface area contributed by atoms with E-state index in [4.69, 9.17) is 9.52 Å². The molecular formula is C16H14N2O4. The molecule has 0 spiro atoms. The van der Waals surface area contributed by atoms with Gasteiger partial charge in [-0.1, -0.05) is 12.1 Å². The smallest absolute Gasteiger partial charge is 0.277 e. The summed E-state index contributed by atoms with van der Waals surface area (Å²) in [5.74, 6) is -0.224. The maximum Gasteiger partial charge on any atom is 0.277 e. The molecule has 1 aliphatic heterocycles. The van der Waals surface area contributed by atoms with E-state index in [9.17, 15) is 9.59 Å². The molecule has 2 heterocycles.